The van der Waals surface area contributed by atoms with Crippen LogP contribution in [0.4, 0.5) is 10.1 Å². The van der Waals surface area contributed by atoms with Crippen LogP contribution in [-0.4, -0.2) is 32.4 Å². The monoisotopic (exact) mass is 345 g/mol. The van der Waals surface area contributed by atoms with Crippen LogP contribution in [0.1, 0.15) is 5.56 Å². The second-order valence-corrected chi connectivity index (χ2v) is 5.23. The third kappa shape index (κ3) is 3.55. The highest BCUT2D eigenvalue weighted by atomic mass is 19.1. The highest BCUT2D eigenvalue weighted by Crippen LogP contribution is 2.29. The topological polar surface area (TPSA) is 107 Å². The maximum Gasteiger partial charge on any atom is 0.341 e. The number of hydrogen-bond donors (Lipinski definition) is 1. The zero-order valence-corrected chi connectivity index (χ0v) is 12.8. The number of nitro benzene ring substituents is 1. The number of nitrogens with zero attached hydrogens (tertiary/aromatic N) is 3. The van der Waals surface area contributed by atoms with Gasteiger partial charge in [-0.15, -0.1) is 5.10 Å². The van der Waals surface area contributed by atoms with Crippen LogP contribution < -0.4 is 4.74 Å². The lowest BCUT2D eigenvalue weighted by Crippen LogP contribution is -2.10. The molecule has 9 heteroatoms. The molecule has 0 bridgehead atoms. The average molecular weight is 345 g/mol. The van der Waals surface area contributed by atoms with Crippen molar-refractivity contribution in [2.45, 2.75) is 6.54 Å². The Morgan fingerprint density at radius 2 is 2.00 bits per heavy atom. The van der Waals surface area contributed by atoms with Gasteiger partial charge in [0.25, 0.3) is 5.69 Å². The van der Waals surface area contributed by atoms with Crippen LogP contribution >= 0.6 is 0 Å². The molecule has 0 atom stereocenters. The molecule has 0 aliphatic carbocycles. The van der Waals surface area contributed by atoms with Gasteiger partial charge in [-0.2, -0.15) is 0 Å². The Labute approximate surface area is 140 Å². The predicted octanol–water partition coefficient (Wildman–Crippen LogP) is 2.60. The summed E-state index contributed by atoms with van der Waals surface area (Å²) in [5.41, 5.74) is 1.14. The summed E-state index contributed by atoms with van der Waals surface area (Å²) >= 11 is 0. The van der Waals surface area contributed by atoms with E-state index in [2.05, 4.69) is 5.10 Å². The van der Waals surface area contributed by atoms with Crippen LogP contribution in [0.2, 0.25) is 0 Å². The Balaban J connectivity index is 2.03. The lowest BCUT2D eigenvalue weighted by atomic mass is 10.2. The van der Waals surface area contributed by atoms with E-state index in [1.165, 1.54) is 35.0 Å². The van der Waals surface area contributed by atoms with Gasteiger partial charge in [0.05, 0.1) is 22.4 Å². The molecule has 25 heavy (non-hydrogen) atoms. The molecule has 0 unspecified atom stereocenters. The summed E-state index contributed by atoms with van der Waals surface area (Å²) in [4.78, 5) is 21.1. The third-order valence-electron chi connectivity index (χ3n) is 3.49. The second-order valence-electron chi connectivity index (χ2n) is 5.23. The molecule has 8 nitrogen and oxygen atoms in total. The van der Waals surface area contributed by atoms with Crippen LogP contribution in [0, 0.1) is 15.9 Å². The number of rotatable bonds is 6. The van der Waals surface area contributed by atoms with E-state index in [-0.39, 0.29) is 23.9 Å². The summed E-state index contributed by atoms with van der Waals surface area (Å²) in [6, 6.07) is 9.92. The number of carboxylic acids is 1. The summed E-state index contributed by atoms with van der Waals surface area (Å²) in [6.07, 6.45) is 0. The van der Waals surface area contributed by atoms with Crippen molar-refractivity contribution in [1.82, 2.24) is 9.78 Å². The summed E-state index contributed by atoms with van der Waals surface area (Å²) in [5.74, 6) is -1.56. The van der Waals surface area contributed by atoms with Gasteiger partial charge >= 0.3 is 5.97 Å². The summed E-state index contributed by atoms with van der Waals surface area (Å²) in [6.45, 7) is -0.351. The van der Waals surface area contributed by atoms with Crippen molar-refractivity contribution < 1.29 is 24.0 Å². The van der Waals surface area contributed by atoms with Gasteiger partial charge in [0.15, 0.2) is 6.61 Å². The van der Waals surface area contributed by atoms with Gasteiger partial charge < -0.3 is 9.84 Å². The van der Waals surface area contributed by atoms with Gasteiger partial charge in [0.2, 0.25) is 5.88 Å². The minimum Gasteiger partial charge on any atom is -0.479 e. The van der Waals surface area contributed by atoms with Crippen LogP contribution in [0.15, 0.2) is 42.5 Å². The molecule has 128 valence electrons. The summed E-state index contributed by atoms with van der Waals surface area (Å²) < 4.78 is 19.7. The summed E-state index contributed by atoms with van der Waals surface area (Å²) in [7, 11) is 0. The minimum absolute atomic E-state index is 0.0109. The minimum atomic E-state index is -1.19. The molecule has 0 saturated carbocycles. The van der Waals surface area contributed by atoms with Crippen LogP contribution in [0.25, 0.3) is 10.9 Å². The average Bonchev–Trinajstić information content (AvgIpc) is 2.92. The van der Waals surface area contributed by atoms with E-state index in [1.807, 2.05) is 0 Å². The number of carbonyl (C=O) groups is 1. The number of ether oxygens (including phenoxy) is 1. The highest BCUT2D eigenvalue weighted by molar-refractivity contribution is 5.87. The molecule has 0 fully saturated rings. The van der Waals surface area contributed by atoms with Gasteiger partial charge in [-0.05, 0) is 23.8 Å². The van der Waals surface area contributed by atoms with E-state index in [0.29, 0.717) is 10.9 Å². The number of fused-ring (bicyclic) bond motifs is 1. The van der Waals surface area contributed by atoms with E-state index < -0.39 is 17.5 Å². The van der Waals surface area contributed by atoms with Crippen molar-refractivity contribution >= 4 is 22.6 Å². The fourth-order valence-electron chi connectivity index (χ4n) is 2.37. The van der Waals surface area contributed by atoms with E-state index in [1.54, 1.807) is 12.1 Å². The molecule has 1 aromatic heterocycles. The molecule has 3 aromatic rings. The number of hydrogen-bond acceptors (Lipinski definition) is 5. The van der Waals surface area contributed by atoms with Gasteiger partial charge in [0.1, 0.15) is 5.82 Å². The Hall–Kier alpha value is -3.49. The van der Waals surface area contributed by atoms with Crippen molar-refractivity contribution in [2.24, 2.45) is 0 Å². The molecule has 1 N–H and O–H groups in total. The molecule has 3 rings (SSSR count). The quantitative estimate of drug-likeness (QED) is 0.543. The molecule has 1 heterocycles. The summed E-state index contributed by atoms with van der Waals surface area (Å²) in [5, 5.41) is 24.2. The van der Waals surface area contributed by atoms with Crippen molar-refractivity contribution in [3.8, 4) is 5.88 Å². The molecular formula is C16H12FN3O5. The maximum atomic E-state index is 13.0. The first-order valence-corrected chi connectivity index (χ1v) is 7.18. The largest absolute Gasteiger partial charge is 0.479 e. The fraction of sp³-hybridized carbons (Fsp3) is 0.125. The number of carboxylic acid groups (broad SMARTS) is 1. The van der Waals surface area contributed by atoms with Gasteiger partial charge in [-0.3, -0.25) is 14.8 Å². The zero-order valence-electron chi connectivity index (χ0n) is 12.8. The SMILES string of the molecule is O=C(O)COc1nn(Cc2ccc(F)cc2)c2ccc([N+](=O)[O-])cc12. The molecule has 0 aliphatic heterocycles. The molecule has 0 amide bonds. The maximum absolute atomic E-state index is 13.0. The normalized spacial score (nSPS) is 10.8. The Morgan fingerprint density at radius 1 is 1.28 bits per heavy atom. The smallest absolute Gasteiger partial charge is 0.341 e. The molecule has 2 aromatic carbocycles. The molecule has 0 saturated heterocycles. The first-order valence-electron chi connectivity index (χ1n) is 7.18. The van der Waals surface area contributed by atoms with E-state index in [9.17, 15) is 19.3 Å². The lowest BCUT2D eigenvalue weighted by molar-refractivity contribution is -0.384. The standard InChI is InChI=1S/C16H12FN3O5/c17-11-3-1-10(2-4-11)8-19-14-6-5-12(20(23)24)7-13(14)16(18-19)25-9-15(21)22/h1-7H,8-9H2,(H,21,22). The van der Waals surface area contributed by atoms with Gasteiger partial charge in [0, 0.05) is 12.1 Å². The number of aromatic nitrogens is 2. The Bertz CT molecular complexity index is 952. The van der Waals surface area contributed by atoms with E-state index >= 15 is 0 Å². The van der Waals surface area contributed by atoms with Gasteiger partial charge in [-0.1, -0.05) is 12.1 Å². The second kappa shape index (κ2) is 6.56. The number of halogens is 1. The number of nitro groups is 1. The van der Waals surface area contributed by atoms with Crippen molar-refractivity contribution in [3.05, 3.63) is 64.0 Å². The lowest BCUT2D eigenvalue weighted by Gasteiger charge is -2.03. The van der Waals surface area contributed by atoms with Crippen LogP contribution in [0.3, 0.4) is 0 Å². The number of non-ortho nitro benzene ring substituents is 1. The Morgan fingerprint density at radius 3 is 2.64 bits per heavy atom. The van der Waals surface area contributed by atoms with Crippen LogP contribution in [-0.2, 0) is 11.3 Å². The molecule has 0 radical (unpaired) electrons. The molecule has 0 spiro atoms. The molecule has 0 aliphatic rings. The Kier molecular flexibility index (Phi) is 4.29. The number of aliphatic carboxylic acids is 1. The highest BCUT2D eigenvalue weighted by Gasteiger charge is 2.17. The van der Waals surface area contributed by atoms with Gasteiger partial charge in [-0.25, -0.2) is 9.18 Å². The van der Waals surface area contributed by atoms with Crippen molar-refractivity contribution in [3.63, 3.8) is 0 Å². The first kappa shape index (κ1) is 16.4. The molecular weight excluding hydrogens is 333 g/mol. The van der Waals surface area contributed by atoms with Crippen LogP contribution in [0.5, 0.6) is 5.88 Å². The fourth-order valence-corrected chi connectivity index (χ4v) is 2.37. The van der Waals surface area contributed by atoms with E-state index in [0.717, 1.165) is 5.56 Å². The first-order chi connectivity index (χ1) is 11.9. The number of benzene rings is 2. The predicted molar refractivity (Wildman–Crippen MR) is 85.0 cm³/mol. The van der Waals surface area contributed by atoms with E-state index in [4.69, 9.17) is 9.84 Å². The third-order valence-corrected chi connectivity index (χ3v) is 3.49. The zero-order chi connectivity index (χ0) is 18.0. The van der Waals surface area contributed by atoms with Crippen molar-refractivity contribution in [2.75, 3.05) is 6.61 Å². The van der Waals surface area contributed by atoms with Crippen molar-refractivity contribution in [1.29, 1.82) is 0 Å².